The molecule has 0 aliphatic heterocycles. The zero-order valence-electron chi connectivity index (χ0n) is 26.8. The Morgan fingerprint density at radius 2 is 1.28 bits per heavy atom. The summed E-state index contributed by atoms with van der Waals surface area (Å²) in [5.74, 6) is 0.103. The lowest BCUT2D eigenvalue weighted by atomic mass is 9.37. The van der Waals surface area contributed by atoms with E-state index in [0.29, 0.717) is 38.0 Å². The van der Waals surface area contributed by atoms with Crippen molar-refractivity contribution in [1.82, 2.24) is 0 Å². The van der Waals surface area contributed by atoms with Crippen LogP contribution in [0.3, 0.4) is 0 Å². The Bertz CT molecular complexity index is 898. The SMILES string of the molecule is CC(C)C(C)(CC(C)(C)C)C(=O)OC12CC3CC(OC(O)OC(C)(C)C)(CC(C)(OC(O)OC(C)(C)C)C1)C32. The van der Waals surface area contributed by atoms with E-state index in [2.05, 4.69) is 34.6 Å². The summed E-state index contributed by atoms with van der Waals surface area (Å²) in [6.45, 7) is 22.6. The minimum Gasteiger partial charge on any atom is -0.458 e. The van der Waals surface area contributed by atoms with Crippen molar-refractivity contribution < 1.29 is 38.7 Å². The van der Waals surface area contributed by atoms with E-state index in [4.69, 9.17) is 23.7 Å². The van der Waals surface area contributed by atoms with Crippen LogP contribution in [0.1, 0.15) is 122 Å². The van der Waals surface area contributed by atoms with E-state index in [0.717, 1.165) is 0 Å². The number of rotatable bonds is 10. The highest BCUT2D eigenvalue weighted by Crippen LogP contribution is 2.72. The van der Waals surface area contributed by atoms with Crippen LogP contribution in [-0.2, 0) is 28.5 Å². The lowest BCUT2D eigenvalue weighted by Crippen LogP contribution is -2.81. The summed E-state index contributed by atoms with van der Waals surface area (Å²) in [6.07, 6.45) is 2.89. The van der Waals surface area contributed by atoms with Gasteiger partial charge in [0.05, 0.1) is 27.8 Å². The number of aliphatic hydroxyl groups excluding tert-OH is 2. The summed E-state index contributed by atoms with van der Waals surface area (Å²) >= 11 is 0. The van der Waals surface area contributed by atoms with Crippen LogP contribution in [0.2, 0.25) is 0 Å². The summed E-state index contributed by atoms with van der Waals surface area (Å²) in [5.41, 5.74) is -4.55. The second kappa shape index (κ2) is 10.2. The fourth-order valence-corrected chi connectivity index (χ4v) is 7.56. The first-order valence-corrected chi connectivity index (χ1v) is 14.6. The van der Waals surface area contributed by atoms with E-state index in [1.54, 1.807) is 0 Å². The highest BCUT2D eigenvalue weighted by atomic mass is 16.8. The molecule has 3 aliphatic rings. The van der Waals surface area contributed by atoms with Crippen molar-refractivity contribution in [3.8, 4) is 0 Å². The maximum atomic E-state index is 14.0. The molecule has 8 nitrogen and oxygen atoms in total. The van der Waals surface area contributed by atoms with Crippen molar-refractivity contribution in [2.45, 2.75) is 163 Å². The number of carbonyl (C=O) groups is 1. The predicted molar refractivity (Wildman–Crippen MR) is 148 cm³/mol. The topological polar surface area (TPSA) is 104 Å². The molecular weight excluding hydrogens is 500 g/mol. The van der Waals surface area contributed by atoms with Crippen molar-refractivity contribution in [3.05, 3.63) is 0 Å². The van der Waals surface area contributed by atoms with Crippen LogP contribution in [0.5, 0.6) is 0 Å². The number of hydrogen-bond donors (Lipinski definition) is 2. The molecule has 8 unspecified atom stereocenters. The third-order valence-corrected chi connectivity index (χ3v) is 8.73. The van der Waals surface area contributed by atoms with Gasteiger partial charge in [-0.25, -0.2) is 0 Å². The molecule has 0 radical (unpaired) electrons. The summed E-state index contributed by atoms with van der Waals surface area (Å²) < 4.78 is 30.5. The second-order valence-corrected chi connectivity index (χ2v) is 16.6. The quantitative estimate of drug-likeness (QED) is 0.253. The maximum absolute atomic E-state index is 14.0. The van der Waals surface area contributed by atoms with Crippen molar-refractivity contribution in [3.63, 3.8) is 0 Å². The number of esters is 1. The van der Waals surface area contributed by atoms with E-state index in [-0.39, 0.29) is 23.2 Å². The number of carbonyl (C=O) groups excluding carboxylic acids is 1. The van der Waals surface area contributed by atoms with Crippen molar-refractivity contribution >= 4 is 5.97 Å². The van der Waals surface area contributed by atoms with Crippen LogP contribution in [0, 0.1) is 28.6 Å². The summed E-state index contributed by atoms with van der Waals surface area (Å²) in [5, 5.41) is 21.5. The largest absolute Gasteiger partial charge is 0.458 e. The van der Waals surface area contributed by atoms with Gasteiger partial charge in [-0.1, -0.05) is 34.6 Å². The lowest BCUT2D eigenvalue weighted by molar-refractivity contribution is -0.436. The Labute approximate surface area is 236 Å². The molecule has 0 spiro atoms. The third kappa shape index (κ3) is 7.18. The normalized spacial score (nSPS) is 35.8. The van der Waals surface area contributed by atoms with Crippen LogP contribution < -0.4 is 0 Å². The molecule has 2 N–H and O–H groups in total. The zero-order chi connectivity index (χ0) is 30.0. The Morgan fingerprint density at radius 3 is 1.72 bits per heavy atom. The fourth-order valence-electron chi connectivity index (χ4n) is 7.56. The first-order chi connectivity index (χ1) is 17.3. The zero-order valence-corrected chi connectivity index (χ0v) is 26.8. The highest BCUT2D eigenvalue weighted by molar-refractivity contribution is 5.77. The number of hydrogen-bond acceptors (Lipinski definition) is 8. The molecule has 0 heterocycles. The molecule has 0 aromatic carbocycles. The van der Waals surface area contributed by atoms with Crippen molar-refractivity contribution in [2.75, 3.05) is 0 Å². The summed E-state index contributed by atoms with van der Waals surface area (Å²) in [4.78, 5) is 14.0. The second-order valence-electron chi connectivity index (χ2n) is 16.6. The molecule has 3 fully saturated rings. The molecule has 3 saturated carbocycles. The Hall–Kier alpha value is -0.770. The van der Waals surface area contributed by atoms with Gasteiger partial charge in [-0.3, -0.25) is 4.79 Å². The monoisotopic (exact) mass is 556 g/mol. The van der Waals surface area contributed by atoms with E-state index >= 15 is 0 Å². The molecule has 3 aliphatic carbocycles. The Morgan fingerprint density at radius 1 is 0.821 bits per heavy atom. The van der Waals surface area contributed by atoms with Gasteiger partial charge in [0.1, 0.15) is 5.60 Å². The van der Waals surface area contributed by atoms with E-state index in [9.17, 15) is 15.0 Å². The van der Waals surface area contributed by atoms with Crippen molar-refractivity contribution in [2.24, 2.45) is 28.6 Å². The van der Waals surface area contributed by atoms with Crippen LogP contribution in [-0.4, -0.2) is 57.1 Å². The molecule has 0 amide bonds. The molecule has 0 bridgehead atoms. The first kappa shape index (κ1) is 32.7. The smallest absolute Gasteiger partial charge is 0.312 e. The van der Waals surface area contributed by atoms with Gasteiger partial charge in [0.25, 0.3) is 13.0 Å². The van der Waals surface area contributed by atoms with Gasteiger partial charge in [0, 0.05) is 18.8 Å². The maximum Gasteiger partial charge on any atom is 0.312 e. The first-order valence-electron chi connectivity index (χ1n) is 14.6. The average molecular weight is 557 g/mol. The van der Waals surface area contributed by atoms with Crippen LogP contribution in [0.25, 0.3) is 0 Å². The lowest BCUT2D eigenvalue weighted by Gasteiger charge is -2.74. The van der Waals surface area contributed by atoms with Crippen LogP contribution in [0.15, 0.2) is 0 Å². The molecule has 3 rings (SSSR count). The van der Waals surface area contributed by atoms with Gasteiger partial charge < -0.3 is 33.9 Å². The van der Waals surface area contributed by atoms with Gasteiger partial charge in [-0.05, 0) is 91.9 Å². The Balaban J connectivity index is 1.95. The van der Waals surface area contributed by atoms with Gasteiger partial charge in [0.15, 0.2) is 0 Å². The van der Waals surface area contributed by atoms with Crippen LogP contribution >= 0.6 is 0 Å². The molecule has 0 aromatic heterocycles. The average Bonchev–Trinajstić information content (AvgIpc) is 2.59. The predicted octanol–water partition coefficient (Wildman–Crippen LogP) is 5.91. The molecule has 39 heavy (non-hydrogen) atoms. The number of ether oxygens (including phenoxy) is 5. The van der Waals surface area contributed by atoms with E-state index < -0.39 is 46.4 Å². The van der Waals surface area contributed by atoms with Gasteiger partial charge in [-0.15, -0.1) is 0 Å². The number of aliphatic hydroxyl groups is 2. The van der Waals surface area contributed by atoms with Crippen molar-refractivity contribution in [1.29, 1.82) is 0 Å². The fraction of sp³-hybridized carbons (Fsp3) is 0.968. The summed E-state index contributed by atoms with van der Waals surface area (Å²) in [7, 11) is 0. The molecule has 8 atom stereocenters. The summed E-state index contributed by atoms with van der Waals surface area (Å²) in [6, 6.07) is 0. The molecule has 8 heteroatoms. The molecule has 228 valence electrons. The van der Waals surface area contributed by atoms with Crippen LogP contribution in [0.4, 0.5) is 0 Å². The minimum absolute atomic E-state index is 0.0613. The standard InChI is InChI=1S/C31H56O8/c1-19(2)29(13,16-25(3,4)5)22(32)35-30-14-20-15-31(21(20)30,39-24(34)37-27(9,10)11)18-28(12,17-30)38-23(33)36-26(6,7)8/h19-21,23-24,33-34H,14-18H2,1-13H3. The third-order valence-electron chi connectivity index (χ3n) is 8.73. The molecular formula is C31H56O8. The highest BCUT2D eigenvalue weighted by Gasteiger charge is 2.78. The Kier molecular flexibility index (Phi) is 8.56. The van der Waals surface area contributed by atoms with E-state index in [1.807, 2.05) is 55.4 Å². The minimum atomic E-state index is -1.47. The van der Waals surface area contributed by atoms with E-state index in [1.165, 1.54) is 0 Å². The van der Waals surface area contributed by atoms with Gasteiger partial charge in [0.2, 0.25) is 0 Å². The van der Waals surface area contributed by atoms with Gasteiger partial charge >= 0.3 is 5.97 Å². The molecule has 0 saturated heterocycles. The van der Waals surface area contributed by atoms with Gasteiger partial charge in [-0.2, -0.15) is 0 Å². The molecule has 0 aromatic rings.